The van der Waals surface area contributed by atoms with Crippen LogP contribution in [0, 0.1) is 0 Å². The zero-order valence-corrected chi connectivity index (χ0v) is 12.6. The van der Waals surface area contributed by atoms with Gasteiger partial charge in [-0.05, 0) is 36.1 Å². The van der Waals surface area contributed by atoms with Crippen LogP contribution in [0.5, 0.6) is 0 Å². The molecule has 1 rings (SSSR count). The van der Waals surface area contributed by atoms with Gasteiger partial charge in [-0.2, -0.15) is 0 Å². The molecule has 86 valence electrons. The van der Waals surface area contributed by atoms with Crippen LogP contribution in [0.2, 0.25) is 0 Å². The summed E-state index contributed by atoms with van der Waals surface area (Å²) in [6.45, 7) is 2.17. The third kappa shape index (κ3) is 5.13. The topological polar surface area (TPSA) is 0 Å². The van der Waals surface area contributed by atoms with Crippen molar-refractivity contribution in [3.63, 3.8) is 0 Å². The summed E-state index contributed by atoms with van der Waals surface area (Å²) >= 11 is 6.85. The Morgan fingerprint density at radius 2 is 1.94 bits per heavy atom. The Hall–Kier alpha value is -0.340. The van der Waals surface area contributed by atoms with Gasteiger partial charge in [-0.25, -0.2) is 0 Å². The highest BCUT2D eigenvalue weighted by molar-refractivity contribution is 9.10. The SMILES string of the molecule is CC/C=C(\C=C/CBr)Cc1ccc(Br)cc1. The van der Waals surface area contributed by atoms with Crippen molar-refractivity contribution in [2.24, 2.45) is 0 Å². The lowest BCUT2D eigenvalue weighted by Crippen LogP contribution is -1.88. The van der Waals surface area contributed by atoms with Gasteiger partial charge in [0.05, 0.1) is 0 Å². The van der Waals surface area contributed by atoms with Gasteiger partial charge in [0, 0.05) is 9.80 Å². The van der Waals surface area contributed by atoms with Gasteiger partial charge in [0.25, 0.3) is 0 Å². The summed E-state index contributed by atoms with van der Waals surface area (Å²) in [5.41, 5.74) is 2.73. The van der Waals surface area contributed by atoms with Crippen molar-refractivity contribution in [1.82, 2.24) is 0 Å². The molecule has 0 aliphatic heterocycles. The molecule has 0 saturated carbocycles. The minimum Gasteiger partial charge on any atom is -0.0883 e. The summed E-state index contributed by atoms with van der Waals surface area (Å²) < 4.78 is 1.13. The van der Waals surface area contributed by atoms with E-state index in [0.29, 0.717) is 0 Å². The molecular weight excluding hydrogens is 328 g/mol. The van der Waals surface area contributed by atoms with E-state index in [1.807, 2.05) is 0 Å². The van der Waals surface area contributed by atoms with E-state index in [0.717, 1.165) is 22.6 Å². The van der Waals surface area contributed by atoms with Crippen LogP contribution in [0.1, 0.15) is 18.9 Å². The predicted octanol–water partition coefficient (Wildman–Crippen LogP) is 5.28. The molecule has 0 unspecified atom stereocenters. The molecule has 16 heavy (non-hydrogen) atoms. The van der Waals surface area contributed by atoms with E-state index in [9.17, 15) is 0 Å². The van der Waals surface area contributed by atoms with Gasteiger partial charge in [0.15, 0.2) is 0 Å². The van der Waals surface area contributed by atoms with Crippen LogP contribution in [-0.4, -0.2) is 5.33 Å². The average molecular weight is 344 g/mol. The molecule has 1 aromatic rings. The number of halogens is 2. The third-order valence-electron chi connectivity index (χ3n) is 2.21. The first-order chi connectivity index (χ1) is 7.76. The largest absolute Gasteiger partial charge is 0.0883 e. The second-order valence-electron chi connectivity index (χ2n) is 3.55. The van der Waals surface area contributed by atoms with E-state index in [2.05, 4.69) is 81.3 Å². The molecule has 0 aromatic heterocycles. The average Bonchev–Trinajstić information content (AvgIpc) is 2.29. The second-order valence-corrected chi connectivity index (χ2v) is 5.11. The first-order valence-corrected chi connectivity index (χ1v) is 7.33. The van der Waals surface area contributed by atoms with Gasteiger partial charge in [-0.1, -0.05) is 69.1 Å². The molecule has 0 nitrogen and oxygen atoms in total. The molecule has 0 atom stereocenters. The summed E-state index contributed by atoms with van der Waals surface area (Å²) in [5, 5.41) is 0.911. The van der Waals surface area contributed by atoms with Crippen LogP contribution in [0.3, 0.4) is 0 Å². The molecule has 0 saturated heterocycles. The molecule has 0 bridgehead atoms. The molecule has 0 heterocycles. The predicted molar refractivity (Wildman–Crippen MR) is 79.2 cm³/mol. The van der Waals surface area contributed by atoms with E-state index < -0.39 is 0 Å². The van der Waals surface area contributed by atoms with Gasteiger partial charge in [0.1, 0.15) is 0 Å². The van der Waals surface area contributed by atoms with Crippen LogP contribution in [0.25, 0.3) is 0 Å². The minimum absolute atomic E-state index is 0.911. The standard InChI is InChI=1S/C14H16Br2/c1-2-4-12(5-3-10-15)11-13-6-8-14(16)9-7-13/h3-9H,2,10-11H2,1H3/b5-3-,12-4+. The summed E-state index contributed by atoms with van der Waals surface area (Å²) in [4.78, 5) is 0. The molecule has 0 amide bonds. The number of rotatable bonds is 5. The lowest BCUT2D eigenvalue weighted by atomic mass is 10.0. The van der Waals surface area contributed by atoms with Gasteiger partial charge in [-0.3, -0.25) is 0 Å². The van der Waals surface area contributed by atoms with Crippen LogP contribution in [-0.2, 0) is 6.42 Å². The van der Waals surface area contributed by atoms with Gasteiger partial charge in [-0.15, -0.1) is 0 Å². The van der Waals surface area contributed by atoms with Crippen molar-refractivity contribution in [3.05, 3.63) is 58.1 Å². The Kier molecular flexibility index (Phi) is 6.74. The monoisotopic (exact) mass is 342 g/mol. The maximum absolute atomic E-state index is 3.45. The zero-order valence-electron chi connectivity index (χ0n) is 9.42. The molecule has 2 heteroatoms. The van der Waals surface area contributed by atoms with Crippen molar-refractivity contribution >= 4 is 31.9 Å². The smallest absolute Gasteiger partial charge is 0.0215 e. The van der Waals surface area contributed by atoms with Crippen LogP contribution in [0.4, 0.5) is 0 Å². The molecule has 0 N–H and O–H groups in total. The van der Waals surface area contributed by atoms with Crippen molar-refractivity contribution in [2.45, 2.75) is 19.8 Å². The van der Waals surface area contributed by atoms with Gasteiger partial charge >= 0.3 is 0 Å². The van der Waals surface area contributed by atoms with E-state index in [1.165, 1.54) is 11.1 Å². The maximum Gasteiger partial charge on any atom is 0.0215 e. The lowest BCUT2D eigenvalue weighted by molar-refractivity contribution is 1.13. The molecule has 0 spiro atoms. The molecule has 0 aliphatic carbocycles. The molecular formula is C14H16Br2. The second kappa shape index (κ2) is 7.86. The maximum atomic E-state index is 3.45. The van der Waals surface area contributed by atoms with Crippen LogP contribution >= 0.6 is 31.9 Å². The van der Waals surface area contributed by atoms with Crippen LogP contribution < -0.4 is 0 Å². The van der Waals surface area contributed by atoms with E-state index in [1.54, 1.807) is 0 Å². The summed E-state index contributed by atoms with van der Waals surface area (Å²) in [6.07, 6.45) is 8.70. The molecule has 0 aliphatic rings. The Balaban J connectivity index is 2.72. The van der Waals surface area contributed by atoms with Crippen molar-refractivity contribution in [1.29, 1.82) is 0 Å². The first kappa shape index (κ1) is 13.7. The summed E-state index contributed by atoms with van der Waals surface area (Å²) in [5.74, 6) is 0. The normalized spacial score (nSPS) is 12.3. The number of benzene rings is 1. The molecule has 0 fully saturated rings. The Morgan fingerprint density at radius 3 is 2.50 bits per heavy atom. The highest BCUT2D eigenvalue weighted by Gasteiger charge is 1.96. The summed E-state index contributed by atoms with van der Waals surface area (Å²) in [6, 6.07) is 8.51. The fraction of sp³-hybridized carbons (Fsp3) is 0.286. The van der Waals surface area contributed by atoms with E-state index >= 15 is 0 Å². The van der Waals surface area contributed by atoms with Gasteiger partial charge < -0.3 is 0 Å². The Morgan fingerprint density at radius 1 is 1.25 bits per heavy atom. The Bertz CT molecular complexity index is 361. The fourth-order valence-corrected chi connectivity index (χ4v) is 1.95. The van der Waals surface area contributed by atoms with Crippen molar-refractivity contribution in [3.8, 4) is 0 Å². The highest BCUT2D eigenvalue weighted by Crippen LogP contribution is 2.14. The Labute approximate surface area is 115 Å². The van der Waals surface area contributed by atoms with Crippen molar-refractivity contribution < 1.29 is 0 Å². The lowest BCUT2D eigenvalue weighted by Gasteiger charge is -2.03. The number of alkyl halides is 1. The van der Waals surface area contributed by atoms with E-state index in [4.69, 9.17) is 0 Å². The van der Waals surface area contributed by atoms with E-state index in [-0.39, 0.29) is 0 Å². The number of hydrogen-bond donors (Lipinski definition) is 0. The number of hydrogen-bond acceptors (Lipinski definition) is 0. The first-order valence-electron chi connectivity index (χ1n) is 5.42. The number of allylic oxidation sites excluding steroid dienone is 4. The molecule has 0 radical (unpaired) electrons. The quantitative estimate of drug-likeness (QED) is 0.504. The third-order valence-corrected chi connectivity index (χ3v) is 3.11. The van der Waals surface area contributed by atoms with Gasteiger partial charge in [0.2, 0.25) is 0 Å². The highest BCUT2D eigenvalue weighted by atomic mass is 79.9. The molecule has 1 aromatic carbocycles. The van der Waals surface area contributed by atoms with Crippen molar-refractivity contribution in [2.75, 3.05) is 5.33 Å². The minimum atomic E-state index is 0.911. The fourth-order valence-electron chi connectivity index (χ4n) is 1.50. The summed E-state index contributed by atoms with van der Waals surface area (Å²) in [7, 11) is 0. The zero-order chi connectivity index (χ0) is 11.8. The van der Waals surface area contributed by atoms with Crippen LogP contribution in [0.15, 0.2) is 52.5 Å².